The van der Waals surface area contributed by atoms with Gasteiger partial charge in [-0.3, -0.25) is 4.79 Å². The number of rotatable bonds is 10. The first-order valence-electron chi connectivity index (χ1n) is 11.3. The van der Waals surface area contributed by atoms with Crippen LogP contribution in [0.4, 0.5) is 0 Å². The number of hydrogen-bond acceptors (Lipinski definition) is 6. The summed E-state index contributed by atoms with van der Waals surface area (Å²) in [5.74, 6) is 1.50. The van der Waals surface area contributed by atoms with Crippen molar-refractivity contribution in [2.24, 2.45) is 5.10 Å². The SMILES string of the molecule is CCn1c(SCC(=O)N/N=C/c2cccc(OCc3ccccc3)c2)nnc1-c1ccc(C)cc1. The molecule has 0 spiro atoms. The van der Waals surface area contributed by atoms with Gasteiger partial charge in [-0.1, -0.05) is 84.1 Å². The highest BCUT2D eigenvalue weighted by Crippen LogP contribution is 2.24. The van der Waals surface area contributed by atoms with Gasteiger partial charge in [-0.2, -0.15) is 5.10 Å². The summed E-state index contributed by atoms with van der Waals surface area (Å²) >= 11 is 1.34. The summed E-state index contributed by atoms with van der Waals surface area (Å²) in [7, 11) is 0. The number of aryl methyl sites for hydroxylation is 1. The zero-order valence-corrected chi connectivity index (χ0v) is 20.5. The number of carbonyl (C=O) groups is 1. The molecule has 0 atom stereocenters. The van der Waals surface area contributed by atoms with Crippen molar-refractivity contribution < 1.29 is 9.53 Å². The molecule has 4 rings (SSSR count). The monoisotopic (exact) mass is 485 g/mol. The molecule has 1 amide bonds. The Bertz CT molecular complexity index is 1290. The second-order valence-electron chi connectivity index (χ2n) is 7.85. The summed E-state index contributed by atoms with van der Waals surface area (Å²) in [6, 6.07) is 25.7. The van der Waals surface area contributed by atoms with Crippen molar-refractivity contribution in [3.63, 3.8) is 0 Å². The Morgan fingerprint density at radius 3 is 2.63 bits per heavy atom. The van der Waals surface area contributed by atoms with Crippen molar-refractivity contribution in [2.45, 2.75) is 32.2 Å². The number of hydrazone groups is 1. The minimum Gasteiger partial charge on any atom is -0.489 e. The van der Waals surface area contributed by atoms with Crippen LogP contribution in [-0.4, -0.2) is 32.6 Å². The highest BCUT2D eigenvalue weighted by molar-refractivity contribution is 7.99. The van der Waals surface area contributed by atoms with Gasteiger partial charge < -0.3 is 9.30 Å². The lowest BCUT2D eigenvalue weighted by Crippen LogP contribution is -2.20. The molecule has 7 nitrogen and oxygen atoms in total. The van der Waals surface area contributed by atoms with Crippen molar-refractivity contribution >= 4 is 23.9 Å². The second kappa shape index (κ2) is 12.0. The van der Waals surface area contributed by atoms with Crippen LogP contribution in [-0.2, 0) is 17.9 Å². The van der Waals surface area contributed by atoms with Gasteiger partial charge in [-0.15, -0.1) is 10.2 Å². The molecule has 0 saturated heterocycles. The Balaban J connectivity index is 1.29. The number of aromatic nitrogens is 3. The van der Waals surface area contributed by atoms with Crippen molar-refractivity contribution in [1.29, 1.82) is 0 Å². The molecule has 0 bridgehead atoms. The quantitative estimate of drug-likeness (QED) is 0.192. The number of hydrogen-bond donors (Lipinski definition) is 1. The number of benzene rings is 3. The summed E-state index contributed by atoms with van der Waals surface area (Å²) < 4.78 is 7.85. The third-order valence-corrected chi connectivity index (χ3v) is 6.15. The molecule has 0 aliphatic carbocycles. The van der Waals surface area contributed by atoms with Crippen LogP contribution in [0.2, 0.25) is 0 Å². The van der Waals surface area contributed by atoms with Crippen LogP contribution >= 0.6 is 11.8 Å². The van der Waals surface area contributed by atoms with Crippen LogP contribution in [0.25, 0.3) is 11.4 Å². The molecule has 4 aromatic rings. The Morgan fingerprint density at radius 1 is 1.06 bits per heavy atom. The zero-order chi connectivity index (χ0) is 24.5. The summed E-state index contributed by atoms with van der Waals surface area (Å²) in [5.41, 5.74) is 6.69. The van der Waals surface area contributed by atoms with E-state index in [0.717, 1.165) is 28.3 Å². The van der Waals surface area contributed by atoms with E-state index in [-0.39, 0.29) is 11.7 Å². The molecule has 35 heavy (non-hydrogen) atoms. The first-order valence-corrected chi connectivity index (χ1v) is 12.3. The maximum absolute atomic E-state index is 12.3. The third kappa shape index (κ3) is 6.80. The fourth-order valence-electron chi connectivity index (χ4n) is 3.36. The largest absolute Gasteiger partial charge is 0.489 e. The van der Waals surface area contributed by atoms with Gasteiger partial charge in [0, 0.05) is 12.1 Å². The molecular formula is C27H27N5O2S. The van der Waals surface area contributed by atoms with Gasteiger partial charge in [0.05, 0.1) is 12.0 Å². The summed E-state index contributed by atoms with van der Waals surface area (Å²) in [6.07, 6.45) is 1.60. The number of nitrogens with zero attached hydrogens (tertiary/aromatic N) is 4. The van der Waals surface area contributed by atoms with Gasteiger partial charge in [0.1, 0.15) is 12.4 Å². The highest BCUT2D eigenvalue weighted by atomic mass is 32.2. The Kier molecular flexibility index (Phi) is 8.30. The molecule has 0 aliphatic heterocycles. The summed E-state index contributed by atoms with van der Waals surface area (Å²) in [4.78, 5) is 12.3. The lowest BCUT2D eigenvalue weighted by molar-refractivity contribution is -0.118. The Morgan fingerprint density at radius 2 is 1.86 bits per heavy atom. The van der Waals surface area contributed by atoms with E-state index in [1.165, 1.54) is 17.3 Å². The lowest BCUT2D eigenvalue weighted by atomic mass is 10.1. The number of nitrogens with one attached hydrogen (secondary N) is 1. The van der Waals surface area contributed by atoms with Gasteiger partial charge in [0.25, 0.3) is 5.91 Å². The van der Waals surface area contributed by atoms with Crippen LogP contribution in [0, 0.1) is 6.92 Å². The summed E-state index contributed by atoms with van der Waals surface area (Å²) in [5, 5.41) is 13.4. The van der Waals surface area contributed by atoms with Crippen molar-refractivity contribution in [3.8, 4) is 17.1 Å². The van der Waals surface area contributed by atoms with Crippen molar-refractivity contribution in [2.75, 3.05) is 5.75 Å². The molecule has 0 unspecified atom stereocenters. The van der Waals surface area contributed by atoms with E-state index in [1.807, 2.05) is 97.3 Å². The third-order valence-electron chi connectivity index (χ3n) is 5.18. The predicted molar refractivity (Wildman–Crippen MR) is 140 cm³/mol. The van der Waals surface area contributed by atoms with Gasteiger partial charge in [0.15, 0.2) is 11.0 Å². The number of amides is 1. The molecule has 0 aliphatic rings. The van der Waals surface area contributed by atoms with Gasteiger partial charge in [-0.05, 0) is 37.1 Å². The van der Waals surface area contributed by atoms with Gasteiger partial charge in [-0.25, -0.2) is 5.43 Å². The number of thioether (sulfide) groups is 1. The van der Waals surface area contributed by atoms with Gasteiger partial charge >= 0.3 is 0 Å². The molecular weight excluding hydrogens is 458 g/mol. The Hall–Kier alpha value is -3.91. The van der Waals surface area contributed by atoms with E-state index >= 15 is 0 Å². The maximum Gasteiger partial charge on any atom is 0.250 e. The second-order valence-corrected chi connectivity index (χ2v) is 8.79. The minimum absolute atomic E-state index is 0.184. The number of ether oxygens (including phenoxy) is 1. The first-order chi connectivity index (χ1) is 17.1. The molecule has 0 saturated carbocycles. The average molecular weight is 486 g/mol. The van der Waals surface area contributed by atoms with E-state index in [4.69, 9.17) is 4.74 Å². The van der Waals surface area contributed by atoms with E-state index in [1.54, 1.807) is 6.21 Å². The molecule has 178 valence electrons. The average Bonchev–Trinajstić information content (AvgIpc) is 3.30. The molecule has 1 aromatic heterocycles. The zero-order valence-electron chi connectivity index (χ0n) is 19.7. The molecule has 3 aromatic carbocycles. The number of carbonyl (C=O) groups excluding carboxylic acids is 1. The molecule has 1 heterocycles. The minimum atomic E-state index is -0.217. The predicted octanol–water partition coefficient (Wildman–Crippen LogP) is 5.09. The summed E-state index contributed by atoms with van der Waals surface area (Å²) in [6.45, 7) is 5.28. The Labute approximate surface area is 209 Å². The van der Waals surface area contributed by atoms with Crippen molar-refractivity contribution in [1.82, 2.24) is 20.2 Å². The van der Waals surface area contributed by atoms with Crippen LogP contribution in [0.3, 0.4) is 0 Å². The normalized spacial score (nSPS) is 11.0. The fraction of sp³-hybridized carbons (Fsp3) is 0.185. The molecule has 0 radical (unpaired) electrons. The van der Waals surface area contributed by atoms with Crippen LogP contribution in [0.5, 0.6) is 5.75 Å². The van der Waals surface area contributed by atoms with E-state index in [0.29, 0.717) is 18.3 Å². The lowest BCUT2D eigenvalue weighted by Gasteiger charge is -2.07. The van der Waals surface area contributed by atoms with Gasteiger partial charge in [0.2, 0.25) is 0 Å². The van der Waals surface area contributed by atoms with Crippen LogP contribution in [0.15, 0.2) is 89.1 Å². The van der Waals surface area contributed by atoms with Crippen molar-refractivity contribution in [3.05, 3.63) is 95.6 Å². The molecule has 1 N–H and O–H groups in total. The highest BCUT2D eigenvalue weighted by Gasteiger charge is 2.14. The van der Waals surface area contributed by atoms with Crippen LogP contribution in [0.1, 0.15) is 23.6 Å². The molecule has 0 fully saturated rings. The standard InChI is InChI=1S/C27H27N5O2S/c1-3-32-26(23-14-12-20(2)13-15-23)30-31-27(32)35-19-25(33)29-28-17-22-10-7-11-24(16-22)34-18-21-8-5-4-6-9-21/h4-17H,3,18-19H2,1-2H3,(H,29,33)/b28-17+. The van der Waals surface area contributed by atoms with E-state index < -0.39 is 0 Å². The fourth-order valence-corrected chi connectivity index (χ4v) is 4.16. The molecule has 8 heteroatoms. The topological polar surface area (TPSA) is 81.4 Å². The van der Waals surface area contributed by atoms with E-state index in [9.17, 15) is 4.79 Å². The van der Waals surface area contributed by atoms with Crippen LogP contribution < -0.4 is 10.2 Å². The van der Waals surface area contributed by atoms with E-state index in [2.05, 4.69) is 20.7 Å². The maximum atomic E-state index is 12.3. The smallest absolute Gasteiger partial charge is 0.250 e. The first kappa shape index (κ1) is 24.2.